The fourth-order valence-electron chi connectivity index (χ4n) is 2.98. The van der Waals surface area contributed by atoms with Gasteiger partial charge in [-0.25, -0.2) is 0 Å². The molecular formula is C18H17N5O2. The maximum atomic E-state index is 12.4. The molecule has 4 rings (SSSR count). The third-order valence-corrected chi connectivity index (χ3v) is 4.20. The Hall–Kier alpha value is -3.22. The van der Waals surface area contributed by atoms with Gasteiger partial charge in [0.1, 0.15) is 5.75 Å². The van der Waals surface area contributed by atoms with E-state index in [0.717, 1.165) is 23.3 Å². The van der Waals surface area contributed by atoms with Crippen molar-refractivity contribution >= 4 is 11.9 Å². The van der Waals surface area contributed by atoms with Crippen LogP contribution in [0.1, 0.15) is 24.3 Å². The van der Waals surface area contributed by atoms with Crippen molar-refractivity contribution in [3.05, 3.63) is 54.4 Å². The van der Waals surface area contributed by atoms with Gasteiger partial charge in [0.05, 0.1) is 6.61 Å². The van der Waals surface area contributed by atoms with Crippen LogP contribution in [0.3, 0.4) is 0 Å². The molecule has 7 heteroatoms. The van der Waals surface area contributed by atoms with E-state index >= 15 is 0 Å². The molecular weight excluding hydrogens is 318 g/mol. The highest BCUT2D eigenvalue weighted by atomic mass is 16.5. The number of hydrogen-bond donors (Lipinski definition) is 2. The van der Waals surface area contributed by atoms with Crippen LogP contribution >= 0.6 is 0 Å². The van der Waals surface area contributed by atoms with Crippen LogP contribution in [-0.2, 0) is 4.79 Å². The lowest BCUT2D eigenvalue weighted by Gasteiger charge is -2.25. The summed E-state index contributed by atoms with van der Waals surface area (Å²) in [4.78, 5) is 20.7. The fourth-order valence-corrected chi connectivity index (χ4v) is 2.98. The van der Waals surface area contributed by atoms with Crippen LogP contribution in [-0.4, -0.2) is 32.7 Å². The van der Waals surface area contributed by atoms with Gasteiger partial charge in [0.2, 0.25) is 11.9 Å². The Morgan fingerprint density at radius 2 is 2.08 bits per heavy atom. The first-order valence-corrected chi connectivity index (χ1v) is 8.14. The normalized spacial score (nSPS) is 15.9. The average Bonchev–Trinajstić information content (AvgIpc) is 3.11. The number of nitrogens with one attached hydrogen (secondary N) is 2. The summed E-state index contributed by atoms with van der Waals surface area (Å²) in [5.74, 6) is 1.77. The molecule has 0 unspecified atom stereocenters. The quantitative estimate of drug-likeness (QED) is 0.765. The van der Waals surface area contributed by atoms with Crippen LogP contribution < -0.4 is 10.1 Å². The zero-order valence-corrected chi connectivity index (χ0v) is 13.5. The van der Waals surface area contributed by atoms with E-state index in [2.05, 4.69) is 25.5 Å². The molecule has 0 aliphatic carbocycles. The number of amides is 1. The molecule has 0 saturated heterocycles. The number of hydrogen-bond acceptors (Lipinski definition) is 5. The number of aromatic amines is 1. The van der Waals surface area contributed by atoms with Crippen molar-refractivity contribution in [3.63, 3.8) is 0 Å². The summed E-state index contributed by atoms with van der Waals surface area (Å²) >= 11 is 0. The number of benzene rings is 1. The van der Waals surface area contributed by atoms with E-state index in [9.17, 15) is 4.79 Å². The first-order valence-electron chi connectivity index (χ1n) is 8.14. The second-order valence-corrected chi connectivity index (χ2v) is 5.87. The highest BCUT2D eigenvalue weighted by Gasteiger charge is 2.24. The molecule has 25 heavy (non-hydrogen) atoms. The minimum atomic E-state index is -0.109. The molecule has 3 heterocycles. The molecule has 0 fully saturated rings. The SMILES string of the molecule is O=C(C[C@@H]1CCOc2ccccc21)Nc1n[nH]c(-c2ccncc2)n1. The highest BCUT2D eigenvalue weighted by molar-refractivity contribution is 5.89. The Kier molecular flexibility index (Phi) is 4.12. The molecule has 1 aromatic carbocycles. The minimum Gasteiger partial charge on any atom is -0.493 e. The lowest BCUT2D eigenvalue weighted by atomic mass is 9.90. The van der Waals surface area contributed by atoms with Gasteiger partial charge in [-0.05, 0) is 36.1 Å². The standard InChI is InChI=1S/C18H17N5O2/c24-16(11-13-7-10-25-15-4-2-1-3-14(13)15)20-18-21-17(22-23-18)12-5-8-19-9-6-12/h1-6,8-9,13H,7,10-11H2,(H2,20,21,22,23,24)/t13-/m0/s1. The monoisotopic (exact) mass is 335 g/mol. The molecule has 0 spiro atoms. The molecule has 2 N–H and O–H groups in total. The minimum absolute atomic E-state index is 0.109. The number of anilines is 1. The lowest BCUT2D eigenvalue weighted by molar-refractivity contribution is -0.116. The van der Waals surface area contributed by atoms with Gasteiger partial charge in [0.25, 0.3) is 0 Å². The molecule has 1 aliphatic rings. The predicted molar refractivity (Wildman–Crippen MR) is 92.2 cm³/mol. The summed E-state index contributed by atoms with van der Waals surface area (Å²) in [7, 11) is 0. The molecule has 7 nitrogen and oxygen atoms in total. The molecule has 0 bridgehead atoms. The van der Waals surface area contributed by atoms with Crippen LogP contribution in [0.15, 0.2) is 48.8 Å². The van der Waals surface area contributed by atoms with E-state index in [-0.39, 0.29) is 17.8 Å². The Bertz CT molecular complexity index is 878. The first kappa shape index (κ1) is 15.3. The Morgan fingerprint density at radius 1 is 1.24 bits per heavy atom. The third-order valence-electron chi connectivity index (χ3n) is 4.20. The summed E-state index contributed by atoms with van der Waals surface area (Å²) in [6.45, 7) is 0.627. The Labute approximate surface area is 144 Å². The van der Waals surface area contributed by atoms with Gasteiger partial charge in [-0.2, -0.15) is 4.98 Å². The van der Waals surface area contributed by atoms with Gasteiger partial charge in [-0.3, -0.25) is 20.2 Å². The van der Waals surface area contributed by atoms with E-state index in [0.29, 0.717) is 18.9 Å². The smallest absolute Gasteiger partial charge is 0.249 e. The summed E-state index contributed by atoms with van der Waals surface area (Å²) in [6.07, 6.45) is 4.55. The second-order valence-electron chi connectivity index (χ2n) is 5.87. The molecule has 3 aromatic rings. The van der Waals surface area contributed by atoms with E-state index < -0.39 is 0 Å². The van der Waals surface area contributed by atoms with Crippen LogP contribution in [0.4, 0.5) is 5.95 Å². The second kappa shape index (κ2) is 6.72. The summed E-state index contributed by atoms with van der Waals surface area (Å²) in [5.41, 5.74) is 1.94. The van der Waals surface area contributed by atoms with Crippen LogP contribution in [0.5, 0.6) is 5.75 Å². The van der Waals surface area contributed by atoms with Crippen molar-refractivity contribution in [2.75, 3.05) is 11.9 Å². The zero-order valence-electron chi connectivity index (χ0n) is 13.5. The van der Waals surface area contributed by atoms with E-state index in [1.165, 1.54) is 0 Å². The van der Waals surface area contributed by atoms with Crippen molar-refractivity contribution in [2.24, 2.45) is 0 Å². The number of carbonyl (C=O) groups is 1. The van der Waals surface area contributed by atoms with Gasteiger partial charge in [-0.15, -0.1) is 5.10 Å². The van der Waals surface area contributed by atoms with Crippen molar-refractivity contribution in [1.29, 1.82) is 0 Å². The number of rotatable bonds is 4. The average molecular weight is 335 g/mol. The van der Waals surface area contributed by atoms with Crippen molar-refractivity contribution in [2.45, 2.75) is 18.8 Å². The number of nitrogens with zero attached hydrogens (tertiary/aromatic N) is 3. The van der Waals surface area contributed by atoms with E-state index in [1.54, 1.807) is 12.4 Å². The molecule has 1 aliphatic heterocycles. The maximum Gasteiger partial charge on any atom is 0.249 e. The number of aromatic nitrogens is 4. The number of carbonyl (C=O) groups excluding carboxylic acids is 1. The van der Waals surface area contributed by atoms with Crippen LogP contribution in [0, 0.1) is 0 Å². The molecule has 126 valence electrons. The van der Waals surface area contributed by atoms with E-state index in [1.807, 2.05) is 36.4 Å². The van der Waals surface area contributed by atoms with Crippen molar-refractivity contribution < 1.29 is 9.53 Å². The number of pyridine rings is 1. The first-order chi connectivity index (χ1) is 12.3. The third kappa shape index (κ3) is 3.35. The van der Waals surface area contributed by atoms with Gasteiger partial charge in [-0.1, -0.05) is 18.2 Å². The van der Waals surface area contributed by atoms with E-state index in [4.69, 9.17) is 4.74 Å². The molecule has 1 amide bonds. The van der Waals surface area contributed by atoms with Crippen LogP contribution in [0.2, 0.25) is 0 Å². The van der Waals surface area contributed by atoms with Gasteiger partial charge in [0.15, 0.2) is 5.82 Å². The molecule has 2 aromatic heterocycles. The predicted octanol–water partition coefficient (Wildman–Crippen LogP) is 2.76. The number of H-pyrrole nitrogens is 1. The van der Waals surface area contributed by atoms with Crippen LogP contribution in [0.25, 0.3) is 11.4 Å². The zero-order chi connectivity index (χ0) is 17.1. The Morgan fingerprint density at radius 3 is 2.96 bits per heavy atom. The van der Waals surface area contributed by atoms with Gasteiger partial charge < -0.3 is 4.74 Å². The lowest BCUT2D eigenvalue weighted by Crippen LogP contribution is -2.21. The number of ether oxygens (including phenoxy) is 1. The number of fused-ring (bicyclic) bond motifs is 1. The number of para-hydroxylation sites is 1. The Balaban J connectivity index is 1.43. The molecule has 0 radical (unpaired) electrons. The summed E-state index contributed by atoms with van der Waals surface area (Å²) in [6, 6.07) is 11.5. The maximum absolute atomic E-state index is 12.4. The highest BCUT2D eigenvalue weighted by Crippen LogP contribution is 2.35. The molecule has 1 atom stereocenters. The van der Waals surface area contributed by atoms with Gasteiger partial charge in [0, 0.05) is 24.4 Å². The fraction of sp³-hybridized carbons (Fsp3) is 0.222. The van der Waals surface area contributed by atoms with Gasteiger partial charge >= 0.3 is 0 Å². The molecule has 0 saturated carbocycles. The summed E-state index contributed by atoms with van der Waals surface area (Å²) in [5, 5.41) is 9.64. The summed E-state index contributed by atoms with van der Waals surface area (Å²) < 4.78 is 5.64. The van der Waals surface area contributed by atoms with Crippen molar-refractivity contribution in [3.8, 4) is 17.1 Å². The topological polar surface area (TPSA) is 92.8 Å². The largest absolute Gasteiger partial charge is 0.493 e. The van der Waals surface area contributed by atoms with Crippen molar-refractivity contribution in [1.82, 2.24) is 20.2 Å².